The van der Waals surface area contributed by atoms with Gasteiger partial charge in [-0.3, -0.25) is 14.4 Å². The van der Waals surface area contributed by atoms with Crippen LogP contribution in [0.2, 0.25) is 0 Å². The molecule has 1 atom stereocenters. The minimum Gasteiger partial charge on any atom is -0.449 e. The van der Waals surface area contributed by atoms with Crippen LogP contribution in [0, 0.1) is 0 Å². The lowest BCUT2D eigenvalue weighted by Gasteiger charge is -2.22. The molecule has 0 saturated carbocycles. The second-order valence-electron chi connectivity index (χ2n) is 7.96. The Morgan fingerprint density at radius 2 is 1.55 bits per heavy atom. The van der Waals surface area contributed by atoms with Crippen molar-refractivity contribution in [1.82, 2.24) is 0 Å². The first-order valence-electron chi connectivity index (χ1n) is 10.6. The molecule has 0 N–H and O–H groups in total. The van der Waals surface area contributed by atoms with Crippen molar-refractivity contribution in [2.24, 2.45) is 0 Å². The number of carbonyl (C=O) groups is 4. The van der Waals surface area contributed by atoms with E-state index in [4.69, 9.17) is 4.74 Å². The Bertz CT molecular complexity index is 1280. The largest absolute Gasteiger partial charge is 0.449 e. The molecule has 164 valence electrons. The van der Waals surface area contributed by atoms with E-state index in [2.05, 4.69) is 0 Å². The standard InChI is InChI=1S/C26H20N2O5/c1-16(23(29)27-14-13-17-7-2-5-12-22(17)27)33-26(32)18-8-6-9-19(15-18)28-24(30)20-10-3-4-11-21(20)25(28)31/h2-12,15-16H,13-14H2,1H3. The van der Waals surface area contributed by atoms with Crippen LogP contribution in [0.3, 0.4) is 0 Å². The molecule has 7 nitrogen and oxygen atoms in total. The van der Waals surface area contributed by atoms with Crippen molar-refractivity contribution in [2.45, 2.75) is 19.4 Å². The predicted octanol–water partition coefficient (Wildman–Crippen LogP) is 3.62. The quantitative estimate of drug-likeness (QED) is 0.457. The summed E-state index contributed by atoms with van der Waals surface area (Å²) in [5.41, 5.74) is 2.96. The van der Waals surface area contributed by atoms with E-state index in [1.165, 1.54) is 19.1 Å². The fourth-order valence-electron chi connectivity index (χ4n) is 4.26. The Labute approximate surface area is 190 Å². The second kappa shape index (κ2) is 8.02. The first-order valence-corrected chi connectivity index (χ1v) is 10.6. The van der Waals surface area contributed by atoms with E-state index in [1.54, 1.807) is 41.3 Å². The average Bonchev–Trinajstić information content (AvgIpc) is 3.38. The molecule has 2 aliphatic heterocycles. The first-order chi connectivity index (χ1) is 16.0. The summed E-state index contributed by atoms with van der Waals surface area (Å²) >= 11 is 0. The van der Waals surface area contributed by atoms with Crippen molar-refractivity contribution in [3.63, 3.8) is 0 Å². The molecule has 0 spiro atoms. The molecule has 3 amide bonds. The SMILES string of the molecule is CC(OC(=O)c1cccc(N2C(=O)c3ccccc3C2=O)c1)C(=O)N1CCc2ccccc21. The van der Waals surface area contributed by atoms with E-state index in [0.717, 1.165) is 22.6 Å². The second-order valence-corrected chi connectivity index (χ2v) is 7.96. The van der Waals surface area contributed by atoms with Gasteiger partial charge >= 0.3 is 5.97 Å². The van der Waals surface area contributed by atoms with Gasteiger partial charge in [0.15, 0.2) is 6.10 Å². The highest BCUT2D eigenvalue weighted by molar-refractivity contribution is 6.34. The van der Waals surface area contributed by atoms with E-state index in [-0.39, 0.29) is 17.2 Å². The third-order valence-corrected chi connectivity index (χ3v) is 5.92. The van der Waals surface area contributed by atoms with Crippen LogP contribution in [0.25, 0.3) is 0 Å². The Morgan fingerprint density at radius 1 is 0.879 bits per heavy atom. The molecular weight excluding hydrogens is 420 g/mol. The van der Waals surface area contributed by atoms with Gasteiger partial charge in [-0.2, -0.15) is 0 Å². The summed E-state index contributed by atoms with van der Waals surface area (Å²) in [5.74, 6) is -1.90. The van der Waals surface area contributed by atoms with Gasteiger partial charge < -0.3 is 9.64 Å². The number of anilines is 2. The summed E-state index contributed by atoms with van der Waals surface area (Å²) in [4.78, 5) is 53.9. The number of hydrogen-bond donors (Lipinski definition) is 0. The Kier molecular flexibility index (Phi) is 5.01. The number of carbonyl (C=O) groups excluding carboxylic acids is 4. The van der Waals surface area contributed by atoms with E-state index in [1.807, 2.05) is 24.3 Å². The fourth-order valence-corrected chi connectivity index (χ4v) is 4.26. The van der Waals surface area contributed by atoms with Crippen LogP contribution in [0.5, 0.6) is 0 Å². The number of imide groups is 1. The lowest BCUT2D eigenvalue weighted by molar-refractivity contribution is -0.126. The van der Waals surface area contributed by atoms with Gasteiger partial charge in [0, 0.05) is 12.2 Å². The van der Waals surface area contributed by atoms with Crippen molar-refractivity contribution >= 4 is 35.1 Å². The number of rotatable bonds is 4. The Hall–Kier alpha value is -4.26. The maximum absolute atomic E-state index is 12.9. The lowest BCUT2D eigenvalue weighted by Crippen LogP contribution is -2.39. The summed E-state index contributed by atoms with van der Waals surface area (Å²) in [6, 6.07) is 20.3. The highest BCUT2D eigenvalue weighted by Gasteiger charge is 2.36. The number of nitrogens with zero attached hydrogens (tertiary/aromatic N) is 2. The Balaban J connectivity index is 1.33. The maximum atomic E-state index is 12.9. The molecule has 0 aliphatic carbocycles. The van der Waals surface area contributed by atoms with Crippen molar-refractivity contribution in [1.29, 1.82) is 0 Å². The number of amides is 3. The van der Waals surface area contributed by atoms with E-state index in [0.29, 0.717) is 17.7 Å². The van der Waals surface area contributed by atoms with Gasteiger partial charge in [-0.15, -0.1) is 0 Å². The lowest BCUT2D eigenvalue weighted by atomic mass is 10.1. The molecule has 33 heavy (non-hydrogen) atoms. The topological polar surface area (TPSA) is 84.0 Å². The highest BCUT2D eigenvalue weighted by atomic mass is 16.5. The normalized spacial score (nSPS) is 15.3. The summed E-state index contributed by atoms with van der Waals surface area (Å²) in [6.45, 7) is 2.07. The van der Waals surface area contributed by atoms with Gasteiger partial charge in [-0.1, -0.05) is 36.4 Å². The average molecular weight is 440 g/mol. The number of ether oxygens (including phenoxy) is 1. The van der Waals surface area contributed by atoms with Gasteiger partial charge in [-0.05, 0) is 55.3 Å². The predicted molar refractivity (Wildman–Crippen MR) is 121 cm³/mol. The molecule has 3 aromatic rings. The first kappa shape index (κ1) is 20.6. The number of benzene rings is 3. The highest BCUT2D eigenvalue weighted by Crippen LogP contribution is 2.30. The minimum atomic E-state index is -0.994. The van der Waals surface area contributed by atoms with Crippen molar-refractivity contribution in [2.75, 3.05) is 16.3 Å². The molecule has 5 rings (SSSR count). The molecular formula is C26H20N2O5. The summed E-state index contributed by atoms with van der Waals surface area (Å²) in [5, 5.41) is 0. The molecule has 2 heterocycles. The molecule has 1 unspecified atom stereocenters. The van der Waals surface area contributed by atoms with Crippen LogP contribution in [0.1, 0.15) is 43.6 Å². The molecule has 3 aromatic carbocycles. The summed E-state index contributed by atoms with van der Waals surface area (Å²) < 4.78 is 5.44. The van der Waals surface area contributed by atoms with Crippen molar-refractivity contribution in [3.8, 4) is 0 Å². The van der Waals surface area contributed by atoms with Crippen LogP contribution in [0.4, 0.5) is 11.4 Å². The number of para-hydroxylation sites is 1. The van der Waals surface area contributed by atoms with Crippen LogP contribution < -0.4 is 9.80 Å². The zero-order valence-corrected chi connectivity index (χ0v) is 17.9. The fraction of sp³-hybridized carbons (Fsp3) is 0.154. The van der Waals surface area contributed by atoms with Gasteiger partial charge in [0.2, 0.25) is 0 Å². The zero-order valence-electron chi connectivity index (χ0n) is 17.9. The third-order valence-electron chi connectivity index (χ3n) is 5.92. The summed E-state index contributed by atoms with van der Waals surface area (Å²) in [6.07, 6.45) is -0.239. The van der Waals surface area contributed by atoms with Crippen LogP contribution >= 0.6 is 0 Å². The van der Waals surface area contributed by atoms with E-state index in [9.17, 15) is 19.2 Å². The Morgan fingerprint density at radius 3 is 2.27 bits per heavy atom. The maximum Gasteiger partial charge on any atom is 0.338 e. The summed E-state index contributed by atoms with van der Waals surface area (Å²) in [7, 11) is 0. The smallest absolute Gasteiger partial charge is 0.338 e. The van der Waals surface area contributed by atoms with Crippen LogP contribution in [-0.4, -0.2) is 36.3 Å². The van der Waals surface area contributed by atoms with E-state index >= 15 is 0 Å². The van der Waals surface area contributed by atoms with Crippen LogP contribution in [0.15, 0.2) is 72.8 Å². The van der Waals surface area contributed by atoms with Crippen molar-refractivity contribution in [3.05, 3.63) is 95.1 Å². The monoisotopic (exact) mass is 440 g/mol. The zero-order chi connectivity index (χ0) is 23.1. The third kappa shape index (κ3) is 3.47. The molecule has 0 saturated heterocycles. The minimum absolute atomic E-state index is 0.144. The number of fused-ring (bicyclic) bond motifs is 2. The molecule has 0 fully saturated rings. The molecule has 0 aromatic heterocycles. The van der Waals surface area contributed by atoms with Crippen LogP contribution in [-0.2, 0) is 16.0 Å². The van der Waals surface area contributed by atoms with Gasteiger partial charge in [0.1, 0.15) is 0 Å². The number of hydrogen-bond acceptors (Lipinski definition) is 5. The van der Waals surface area contributed by atoms with Gasteiger partial charge in [0.25, 0.3) is 17.7 Å². The molecule has 0 bridgehead atoms. The van der Waals surface area contributed by atoms with Crippen molar-refractivity contribution < 1.29 is 23.9 Å². The van der Waals surface area contributed by atoms with E-state index < -0.39 is 23.9 Å². The van der Waals surface area contributed by atoms with Gasteiger partial charge in [0.05, 0.1) is 22.4 Å². The molecule has 7 heteroatoms. The number of esters is 1. The molecule has 2 aliphatic rings. The molecule has 0 radical (unpaired) electrons. The van der Waals surface area contributed by atoms with Gasteiger partial charge in [-0.25, -0.2) is 9.69 Å².